The summed E-state index contributed by atoms with van der Waals surface area (Å²) >= 11 is 6.12. The summed E-state index contributed by atoms with van der Waals surface area (Å²) in [6.07, 6.45) is -4.65. The van der Waals surface area contributed by atoms with Gasteiger partial charge in [0.2, 0.25) is 5.28 Å². The Morgan fingerprint density at radius 3 is 2.47 bits per heavy atom. The van der Waals surface area contributed by atoms with E-state index in [1.54, 1.807) is 36.2 Å². The van der Waals surface area contributed by atoms with E-state index in [9.17, 15) is 22.0 Å². The van der Waals surface area contributed by atoms with Crippen LogP contribution in [0.5, 0.6) is 0 Å². The Bertz CT molecular complexity index is 1560. The van der Waals surface area contributed by atoms with Gasteiger partial charge in [0.1, 0.15) is 17.5 Å². The predicted molar refractivity (Wildman–Crippen MR) is 118 cm³/mol. The summed E-state index contributed by atoms with van der Waals surface area (Å²) in [7, 11) is 1.67. The topological polar surface area (TPSA) is 46.3 Å². The second-order valence-electron chi connectivity index (χ2n) is 7.50. The van der Waals surface area contributed by atoms with Gasteiger partial charge in [0.05, 0.1) is 11.1 Å². The van der Waals surface area contributed by atoms with Gasteiger partial charge in [-0.2, -0.15) is 18.2 Å². The van der Waals surface area contributed by atoms with E-state index in [0.29, 0.717) is 34.0 Å². The minimum atomic E-state index is -4.65. The van der Waals surface area contributed by atoms with E-state index in [0.717, 1.165) is 12.1 Å². The summed E-state index contributed by atoms with van der Waals surface area (Å²) < 4.78 is 68.8. The molecule has 34 heavy (non-hydrogen) atoms. The van der Waals surface area contributed by atoms with Crippen molar-refractivity contribution in [2.24, 2.45) is 0 Å². The molecule has 0 radical (unpaired) electrons. The quantitative estimate of drug-likeness (QED) is 0.266. The number of halogens is 6. The van der Waals surface area contributed by atoms with Crippen molar-refractivity contribution in [2.45, 2.75) is 6.18 Å². The second kappa shape index (κ2) is 7.91. The van der Waals surface area contributed by atoms with Crippen LogP contribution < -0.4 is 4.90 Å². The molecule has 5 rings (SSSR count). The summed E-state index contributed by atoms with van der Waals surface area (Å²) in [4.78, 5) is 6.10. The third-order valence-corrected chi connectivity index (χ3v) is 5.66. The Morgan fingerprint density at radius 2 is 1.74 bits per heavy atom. The van der Waals surface area contributed by atoms with Crippen LogP contribution >= 0.6 is 11.6 Å². The Labute approximate surface area is 194 Å². The third-order valence-electron chi connectivity index (χ3n) is 5.41. The molecule has 0 aliphatic rings. The molecular formula is C23H13ClF5N5. The molecular weight excluding hydrogens is 477 g/mol. The zero-order chi connectivity index (χ0) is 24.2. The molecule has 0 unspecified atom stereocenters. The molecule has 0 saturated carbocycles. The molecule has 172 valence electrons. The molecule has 5 nitrogen and oxygen atoms in total. The molecule has 0 saturated heterocycles. The van der Waals surface area contributed by atoms with Crippen LogP contribution in [0.1, 0.15) is 5.56 Å². The number of hydrogen-bond acceptors (Lipinski definition) is 4. The Kier molecular flexibility index (Phi) is 5.12. The van der Waals surface area contributed by atoms with Crippen molar-refractivity contribution in [3.05, 3.63) is 83.1 Å². The number of anilines is 2. The fraction of sp³-hybridized carbons (Fsp3) is 0.0870. The summed E-state index contributed by atoms with van der Waals surface area (Å²) in [5.41, 5.74) is 0.350. The molecule has 0 spiro atoms. The normalized spacial score (nSPS) is 12.0. The van der Waals surface area contributed by atoms with Crippen LogP contribution in [-0.2, 0) is 6.18 Å². The van der Waals surface area contributed by atoms with E-state index in [1.807, 2.05) is 0 Å². The van der Waals surface area contributed by atoms with Gasteiger partial charge in [-0.25, -0.2) is 13.2 Å². The average molecular weight is 490 g/mol. The first-order chi connectivity index (χ1) is 16.1. The van der Waals surface area contributed by atoms with Crippen LogP contribution in [-0.4, -0.2) is 26.6 Å². The zero-order valence-electron chi connectivity index (χ0n) is 17.3. The SMILES string of the molecule is CN(c1cccc(-c2ccc(C(F)(F)F)cc2F)c1)c1nc2nnc(Cl)n2c2ccc(F)cc12. The van der Waals surface area contributed by atoms with Crippen molar-refractivity contribution in [2.75, 3.05) is 11.9 Å². The van der Waals surface area contributed by atoms with E-state index in [-0.39, 0.29) is 16.6 Å². The second-order valence-corrected chi connectivity index (χ2v) is 7.84. The highest BCUT2D eigenvalue weighted by Gasteiger charge is 2.31. The number of hydrogen-bond donors (Lipinski definition) is 0. The molecule has 0 fully saturated rings. The summed E-state index contributed by atoms with van der Waals surface area (Å²) in [5.74, 6) is -0.972. The van der Waals surface area contributed by atoms with Crippen LogP contribution in [0.25, 0.3) is 27.8 Å². The monoisotopic (exact) mass is 489 g/mol. The molecule has 2 aromatic heterocycles. The number of alkyl halides is 3. The lowest BCUT2D eigenvalue weighted by Gasteiger charge is -2.21. The zero-order valence-corrected chi connectivity index (χ0v) is 18.0. The van der Waals surface area contributed by atoms with Gasteiger partial charge < -0.3 is 4.90 Å². The standard InChI is InChI=1S/C23H13ClF5N5/c1-33(20-17-11-14(25)6-8-19(17)34-21(24)31-32-22(34)30-20)15-4-2-3-12(9-15)16-7-5-13(10-18(16)26)23(27,28)29/h2-11H,1H3. The number of nitrogens with zero attached hydrogens (tertiary/aromatic N) is 5. The van der Waals surface area contributed by atoms with Gasteiger partial charge in [0.15, 0.2) is 0 Å². The third kappa shape index (κ3) is 3.69. The van der Waals surface area contributed by atoms with E-state index < -0.39 is 23.4 Å². The van der Waals surface area contributed by atoms with Gasteiger partial charge in [-0.05, 0) is 59.6 Å². The molecule has 3 aromatic carbocycles. The predicted octanol–water partition coefficient (Wildman–Crippen LogP) is 6.66. The summed E-state index contributed by atoms with van der Waals surface area (Å²) in [6, 6.07) is 13.0. The first-order valence-corrected chi connectivity index (χ1v) is 10.2. The Morgan fingerprint density at radius 1 is 0.941 bits per heavy atom. The van der Waals surface area contributed by atoms with Crippen LogP contribution in [0.3, 0.4) is 0 Å². The molecule has 0 N–H and O–H groups in total. The van der Waals surface area contributed by atoms with Crippen LogP contribution in [0.15, 0.2) is 60.7 Å². The summed E-state index contributed by atoms with van der Waals surface area (Å²) in [6.45, 7) is 0. The van der Waals surface area contributed by atoms with Gasteiger partial charge >= 0.3 is 6.18 Å². The van der Waals surface area contributed by atoms with E-state index >= 15 is 0 Å². The molecule has 2 heterocycles. The van der Waals surface area contributed by atoms with Gasteiger partial charge in [-0.3, -0.25) is 0 Å². The van der Waals surface area contributed by atoms with Crippen molar-refractivity contribution < 1.29 is 22.0 Å². The first kappa shape index (κ1) is 22.0. The molecule has 0 bridgehead atoms. The number of rotatable bonds is 3. The van der Waals surface area contributed by atoms with Crippen LogP contribution in [0, 0.1) is 11.6 Å². The Hall–Kier alpha value is -3.79. The van der Waals surface area contributed by atoms with E-state index in [4.69, 9.17) is 11.6 Å². The highest BCUT2D eigenvalue weighted by molar-refractivity contribution is 6.29. The van der Waals surface area contributed by atoms with Gasteiger partial charge in [0, 0.05) is 23.7 Å². The first-order valence-electron chi connectivity index (χ1n) is 9.84. The van der Waals surface area contributed by atoms with Crippen molar-refractivity contribution in [1.82, 2.24) is 19.6 Å². The maximum Gasteiger partial charge on any atom is 0.416 e. The van der Waals surface area contributed by atoms with Crippen LogP contribution in [0.2, 0.25) is 5.28 Å². The van der Waals surface area contributed by atoms with Crippen molar-refractivity contribution in [3.63, 3.8) is 0 Å². The smallest absolute Gasteiger partial charge is 0.329 e. The highest BCUT2D eigenvalue weighted by atomic mass is 35.5. The minimum absolute atomic E-state index is 0.00630. The molecule has 0 aliphatic carbocycles. The van der Waals surface area contributed by atoms with Crippen LogP contribution in [0.4, 0.5) is 33.5 Å². The van der Waals surface area contributed by atoms with Crippen molar-refractivity contribution >= 4 is 39.8 Å². The van der Waals surface area contributed by atoms with Gasteiger partial charge in [-0.1, -0.05) is 18.2 Å². The maximum absolute atomic E-state index is 14.6. The molecule has 5 aromatic rings. The highest BCUT2D eigenvalue weighted by Crippen LogP contribution is 2.36. The molecule has 0 amide bonds. The largest absolute Gasteiger partial charge is 0.416 e. The van der Waals surface area contributed by atoms with Crippen molar-refractivity contribution in [3.8, 4) is 11.1 Å². The Balaban J connectivity index is 1.62. The molecule has 11 heteroatoms. The fourth-order valence-electron chi connectivity index (χ4n) is 3.76. The van der Waals surface area contributed by atoms with E-state index in [1.165, 1.54) is 22.6 Å². The lowest BCUT2D eigenvalue weighted by molar-refractivity contribution is -0.137. The number of aromatic nitrogens is 4. The molecule has 0 aliphatic heterocycles. The maximum atomic E-state index is 14.6. The van der Waals surface area contributed by atoms with Crippen molar-refractivity contribution in [1.29, 1.82) is 0 Å². The lowest BCUT2D eigenvalue weighted by atomic mass is 10.0. The number of benzene rings is 3. The minimum Gasteiger partial charge on any atom is -0.329 e. The summed E-state index contributed by atoms with van der Waals surface area (Å²) in [5, 5.41) is 8.23. The van der Waals surface area contributed by atoms with Gasteiger partial charge in [0.25, 0.3) is 5.78 Å². The fourth-order valence-corrected chi connectivity index (χ4v) is 3.96. The van der Waals surface area contributed by atoms with E-state index in [2.05, 4.69) is 15.2 Å². The van der Waals surface area contributed by atoms with Gasteiger partial charge in [-0.15, -0.1) is 10.2 Å². The molecule has 0 atom stereocenters. The number of fused-ring (bicyclic) bond motifs is 3. The average Bonchev–Trinajstić information content (AvgIpc) is 3.18. The lowest BCUT2D eigenvalue weighted by Crippen LogP contribution is -2.13.